The first-order valence-corrected chi connectivity index (χ1v) is 3.68. The molecule has 1 atom stereocenters. The molecule has 0 bridgehead atoms. The van der Waals surface area contributed by atoms with Crippen molar-refractivity contribution >= 4 is 0 Å². The van der Waals surface area contributed by atoms with Crippen LogP contribution in [-0.2, 0) is 0 Å². The van der Waals surface area contributed by atoms with Gasteiger partial charge in [-0.15, -0.1) is 0 Å². The van der Waals surface area contributed by atoms with Crippen molar-refractivity contribution < 1.29 is 17.6 Å². The highest BCUT2D eigenvalue weighted by molar-refractivity contribution is 5.24. The van der Waals surface area contributed by atoms with Crippen LogP contribution in [0.5, 0.6) is 0 Å². The zero-order chi connectivity index (χ0) is 10.1. The van der Waals surface area contributed by atoms with E-state index in [4.69, 9.17) is 0 Å². The molecule has 0 saturated heterocycles. The Kier molecular flexibility index (Phi) is 2.59. The molecular weight excluding hydrogens is 184 g/mol. The van der Waals surface area contributed by atoms with Gasteiger partial charge in [-0.1, -0.05) is 29.8 Å². The van der Waals surface area contributed by atoms with E-state index in [1.165, 1.54) is 12.1 Å². The Labute approximate surface area is 73.2 Å². The summed E-state index contributed by atoms with van der Waals surface area (Å²) < 4.78 is 48.4. The van der Waals surface area contributed by atoms with Crippen LogP contribution in [0.2, 0.25) is 0 Å². The van der Waals surface area contributed by atoms with Gasteiger partial charge in [-0.2, -0.15) is 13.2 Å². The summed E-state index contributed by atoms with van der Waals surface area (Å²) in [6.45, 7) is 1.62. The average molecular weight is 192 g/mol. The van der Waals surface area contributed by atoms with Crippen molar-refractivity contribution in [3.05, 3.63) is 35.4 Å². The van der Waals surface area contributed by atoms with Gasteiger partial charge in [0.2, 0.25) is 6.17 Å². The number of rotatable bonds is 1. The molecule has 1 aromatic rings. The molecule has 1 rings (SSSR count). The van der Waals surface area contributed by atoms with Gasteiger partial charge in [-0.25, -0.2) is 4.39 Å². The van der Waals surface area contributed by atoms with Crippen LogP contribution in [0.3, 0.4) is 0 Å². The third-order valence-electron chi connectivity index (χ3n) is 1.62. The second kappa shape index (κ2) is 3.36. The summed E-state index contributed by atoms with van der Waals surface area (Å²) in [5.74, 6) is 0. The molecule has 13 heavy (non-hydrogen) atoms. The quantitative estimate of drug-likeness (QED) is 0.596. The first-order valence-electron chi connectivity index (χ1n) is 3.68. The second-order valence-corrected chi connectivity index (χ2v) is 2.82. The van der Waals surface area contributed by atoms with Crippen molar-refractivity contribution in [1.29, 1.82) is 0 Å². The number of aryl methyl sites for hydroxylation is 1. The Bertz CT molecular complexity index is 290. The minimum absolute atomic E-state index is 0.340. The van der Waals surface area contributed by atoms with Gasteiger partial charge < -0.3 is 0 Å². The molecule has 0 aliphatic heterocycles. The molecule has 72 valence electrons. The van der Waals surface area contributed by atoms with Gasteiger partial charge in [-0.05, 0) is 12.5 Å². The van der Waals surface area contributed by atoms with Crippen molar-refractivity contribution in [3.8, 4) is 0 Å². The number of benzene rings is 1. The largest absolute Gasteiger partial charge is 0.423 e. The maximum atomic E-state index is 12.7. The van der Waals surface area contributed by atoms with Gasteiger partial charge in [-0.3, -0.25) is 0 Å². The summed E-state index contributed by atoms with van der Waals surface area (Å²) in [4.78, 5) is 0. The molecule has 0 N–H and O–H groups in total. The van der Waals surface area contributed by atoms with Gasteiger partial charge in [0.25, 0.3) is 0 Å². The SMILES string of the molecule is Cc1cccc(C(F)C(F)(F)F)c1. The lowest BCUT2D eigenvalue weighted by Crippen LogP contribution is -2.16. The van der Waals surface area contributed by atoms with Gasteiger partial charge in [0.15, 0.2) is 0 Å². The van der Waals surface area contributed by atoms with Crippen molar-refractivity contribution in [1.82, 2.24) is 0 Å². The fraction of sp³-hybridized carbons (Fsp3) is 0.333. The lowest BCUT2D eigenvalue weighted by atomic mass is 10.1. The van der Waals surface area contributed by atoms with Crippen molar-refractivity contribution in [2.75, 3.05) is 0 Å². The maximum Gasteiger partial charge on any atom is 0.423 e. The smallest absolute Gasteiger partial charge is 0.232 e. The topological polar surface area (TPSA) is 0 Å². The molecule has 0 aliphatic rings. The van der Waals surface area contributed by atoms with Gasteiger partial charge in [0.05, 0.1) is 0 Å². The zero-order valence-electron chi connectivity index (χ0n) is 6.90. The van der Waals surface area contributed by atoms with Crippen LogP contribution < -0.4 is 0 Å². The lowest BCUT2D eigenvalue weighted by molar-refractivity contribution is -0.182. The second-order valence-electron chi connectivity index (χ2n) is 2.82. The predicted molar refractivity (Wildman–Crippen MR) is 41.1 cm³/mol. The molecule has 0 fully saturated rings. The van der Waals surface area contributed by atoms with Gasteiger partial charge >= 0.3 is 6.18 Å². The van der Waals surface area contributed by atoms with E-state index in [0.717, 1.165) is 6.07 Å². The van der Waals surface area contributed by atoms with Crippen molar-refractivity contribution in [2.45, 2.75) is 19.3 Å². The van der Waals surface area contributed by atoms with E-state index >= 15 is 0 Å². The number of alkyl halides is 4. The minimum atomic E-state index is -4.81. The standard InChI is InChI=1S/C9H8F4/c1-6-3-2-4-7(5-6)8(10)9(11,12)13/h2-5,8H,1H3. The molecule has 0 saturated carbocycles. The van der Waals surface area contributed by atoms with Crippen LogP contribution in [0.1, 0.15) is 17.3 Å². The van der Waals surface area contributed by atoms with Crippen LogP contribution in [0.25, 0.3) is 0 Å². The van der Waals surface area contributed by atoms with Crippen molar-refractivity contribution in [3.63, 3.8) is 0 Å². The Morgan fingerprint density at radius 2 is 1.85 bits per heavy atom. The summed E-state index contributed by atoms with van der Waals surface area (Å²) in [5.41, 5.74) is 0.275. The average Bonchev–Trinajstić information content (AvgIpc) is 2.01. The molecule has 0 radical (unpaired) electrons. The maximum absolute atomic E-state index is 12.7. The molecule has 0 spiro atoms. The molecule has 1 unspecified atom stereocenters. The molecule has 0 aliphatic carbocycles. The van der Waals surface area contributed by atoms with Crippen LogP contribution in [-0.4, -0.2) is 6.18 Å². The Balaban J connectivity index is 2.96. The third kappa shape index (κ3) is 2.44. The first-order chi connectivity index (χ1) is 5.91. The summed E-state index contributed by atoms with van der Waals surface area (Å²) in [7, 11) is 0. The molecule has 0 heterocycles. The van der Waals surface area contributed by atoms with E-state index in [9.17, 15) is 17.6 Å². The van der Waals surface area contributed by atoms with E-state index in [-0.39, 0.29) is 5.56 Å². The molecule has 0 amide bonds. The lowest BCUT2D eigenvalue weighted by Gasteiger charge is -2.12. The Morgan fingerprint density at radius 1 is 1.23 bits per heavy atom. The number of halogens is 4. The summed E-state index contributed by atoms with van der Waals surface area (Å²) in [5, 5.41) is 0. The van der Waals surface area contributed by atoms with Gasteiger partial charge in [0, 0.05) is 0 Å². The highest BCUT2D eigenvalue weighted by Crippen LogP contribution is 2.35. The highest BCUT2D eigenvalue weighted by Gasteiger charge is 2.41. The van der Waals surface area contributed by atoms with Crippen LogP contribution >= 0.6 is 0 Å². The van der Waals surface area contributed by atoms with E-state index in [2.05, 4.69) is 0 Å². The van der Waals surface area contributed by atoms with E-state index in [1.807, 2.05) is 0 Å². The van der Waals surface area contributed by atoms with Crippen LogP contribution in [0.4, 0.5) is 17.6 Å². The monoisotopic (exact) mass is 192 g/mol. The summed E-state index contributed by atoms with van der Waals surface area (Å²) in [6.07, 6.45) is -7.69. The number of hydrogen-bond acceptors (Lipinski definition) is 0. The minimum Gasteiger partial charge on any atom is -0.232 e. The highest BCUT2D eigenvalue weighted by atomic mass is 19.4. The Hall–Kier alpha value is -1.06. The zero-order valence-corrected chi connectivity index (χ0v) is 6.90. The fourth-order valence-electron chi connectivity index (χ4n) is 1.02. The molecule has 1 aromatic carbocycles. The Morgan fingerprint density at radius 3 is 2.31 bits per heavy atom. The molecular formula is C9H8F4. The van der Waals surface area contributed by atoms with Crippen LogP contribution in [0.15, 0.2) is 24.3 Å². The van der Waals surface area contributed by atoms with E-state index in [1.54, 1.807) is 13.0 Å². The molecule has 0 nitrogen and oxygen atoms in total. The molecule has 0 aromatic heterocycles. The van der Waals surface area contributed by atoms with E-state index in [0.29, 0.717) is 5.56 Å². The predicted octanol–water partition coefficient (Wildman–Crippen LogP) is 3.57. The third-order valence-corrected chi connectivity index (χ3v) is 1.62. The summed E-state index contributed by atoms with van der Waals surface area (Å²) >= 11 is 0. The fourth-order valence-corrected chi connectivity index (χ4v) is 1.02. The summed E-state index contributed by atoms with van der Waals surface area (Å²) in [6, 6.07) is 5.35. The van der Waals surface area contributed by atoms with Crippen molar-refractivity contribution in [2.24, 2.45) is 0 Å². The van der Waals surface area contributed by atoms with Gasteiger partial charge in [0.1, 0.15) is 0 Å². The number of hydrogen-bond donors (Lipinski definition) is 0. The first kappa shape index (κ1) is 10.0. The normalized spacial score (nSPS) is 14.2. The molecule has 4 heteroatoms. The van der Waals surface area contributed by atoms with E-state index < -0.39 is 12.3 Å². The van der Waals surface area contributed by atoms with Crippen LogP contribution in [0, 0.1) is 6.92 Å².